The van der Waals surface area contributed by atoms with Crippen molar-refractivity contribution in [2.75, 3.05) is 18.4 Å². The molecule has 7 nitrogen and oxygen atoms in total. The van der Waals surface area contributed by atoms with Crippen molar-refractivity contribution in [2.45, 2.75) is 55.8 Å². The SMILES string of the molecule is CC(C)(C)N1CCC(Nc2ccc(S(=O)(=O)C(F)F)cc2[N+](=O)[O-])CC1. The lowest BCUT2D eigenvalue weighted by Crippen LogP contribution is -2.48. The van der Waals surface area contributed by atoms with Crippen LogP contribution in [0.15, 0.2) is 23.1 Å². The number of nitro benzene ring substituents is 1. The molecule has 26 heavy (non-hydrogen) atoms. The van der Waals surface area contributed by atoms with Gasteiger partial charge in [0.2, 0.25) is 9.84 Å². The molecule has 146 valence electrons. The van der Waals surface area contributed by atoms with Crippen molar-refractivity contribution in [3.63, 3.8) is 0 Å². The zero-order valence-corrected chi connectivity index (χ0v) is 15.7. The number of piperidine rings is 1. The Morgan fingerprint density at radius 2 is 1.85 bits per heavy atom. The van der Waals surface area contributed by atoms with Crippen molar-refractivity contribution in [1.29, 1.82) is 0 Å². The number of nitro groups is 1. The fourth-order valence-electron chi connectivity index (χ4n) is 2.98. The molecule has 1 aliphatic heterocycles. The van der Waals surface area contributed by atoms with E-state index in [2.05, 4.69) is 31.0 Å². The Labute approximate surface area is 151 Å². The number of sulfone groups is 1. The van der Waals surface area contributed by atoms with Gasteiger partial charge in [-0.1, -0.05) is 0 Å². The Hall–Kier alpha value is -1.81. The highest BCUT2D eigenvalue weighted by molar-refractivity contribution is 7.91. The molecular formula is C16H23F2N3O4S. The van der Waals surface area contributed by atoms with Crippen molar-refractivity contribution < 1.29 is 22.1 Å². The van der Waals surface area contributed by atoms with Gasteiger partial charge in [0.15, 0.2) is 0 Å². The summed E-state index contributed by atoms with van der Waals surface area (Å²) in [5.74, 6) is -3.62. The third kappa shape index (κ3) is 4.47. The van der Waals surface area contributed by atoms with Crippen LogP contribution in [-0.2, 0) is 9.84 Å². The van der Waals surface area contributed by atoms with E-state index in [-0.39, 0.29) is 17.3 Å². The average molecular weight is 391 g/mol. The summed E-state index contributed by atoms with van der Waals surface area (Å²) in [6, 6.07) is 2.84. The molecule has 2 rings (SSSR count). The zero-order valence-electron chi connectivity index (χ0n) is 14.9. The number of likely N-dealkylation sites (tertiary alicyclic amines) is 1. The quantitative estimate of drug-likeness (QED) is 0.612. The molecule has 0 aliphatic carbocycles. The third-order valence-corrected chi connectivity index (χ3v) is 5.91. The summed E-state index contributed by atoms with van der Waals surface area (Å²) < 4.78 is 48.4. The number of anilines is 1. The fourth-order valence-corrected chi connectivity index (χ4v) is 3.72. The van der Waals surface area contributed by atoms with Crippen LogP contribution in [0.1, 0.15) is 33.6 Å². The van der Waals surface area contributed by atoms with E-state index in [4.69, 9.17) is 0 Å². The largest absolute Gasteiger partial charge is 0.377 e. The molecule has 1 aliphatic rings. The Kier molecular flexibility index (Phi) is 5.86. The second-order valence-corrected chi connectivity index (χ2v) is 9.24. The summed E-state index contributed by atoms with van der Waals surface area (Å²) >= 11 is 0. The lowest BCUT2D eigenvalue weighted by molar-refractivity contribution is -0.384. The summed E-state index contributed by atoms with van der Waals surface area (Å²) in [5, 5.41) is 14.3. The van der Waals surface area contributed by atoms with Gasteiger partial charge in [0.25, 0.3) is 5.69 Å². The van der Waals surface area contributed by atoms with Crippen LogP contribution in [0, 0.1) is 10.1 Å². The van der Waals surface area contributed by atoms with E-state index in [0.717, 1.165) is 32.0 Å². The van der Waals surface area contributed by atoms with Crippen molar-refractivity contribution in [1.82, 2.24) is 4.90 Å². The molecule has 1 N–H and O–H groups in total. The van der Waals surface area contributed by atoms with Crippen LogP contribution in [0.2, 0.25) is 0 Å². The molecule has 1 fully saturated rings. The molecule has 0 radical (unpaired) electrons. The number of rotatable bonds is 5. The Morgan fingerprint density at radius 3 is 2.31 bits per heavy atom. The van der Waals surface area contributed by atoms with Crippen LogP contribution in [0.3, 0.4) is 0 Å². The maximum absolute atomic E-state index is 12.7. The maximum Gasteiger partial charge on any atom is 0.341 e. The molecule has 0 bridgehead atoms. The highest BCUT2D eigenvalue weighted by atomic mass is 32.2. The molecule has 0 amide bonds. The van der Waals surface area contributed by atoms with Crippen LogP contribution in [-0.4, -0.2) is 48.7 Å². The van der Waals surface area contributed by atoms with Crippen LogP contribution in [0.4, 0.5) is 20.2 Å². The summed E-state index contributed by atoms with van der Waals surface area (Å²) in [6.45, 7) is 8.01. The minimum atomic E-state index is -4.88. The third-order valence-electron chi connectivity index (χ3n) is 4.53. The molecule has 0 atom stereocenters. The highest BCUT2D eigenvalue weighted by Gasteiger charge is 2.31. The van der Waals surface area contributed by atoms with Crippen molar-refractivity contribution in [3.05, 3.63) is 28.3 Å². The van der Waals surface area contributed by atoms with Gasteiger partial charge >= 0.3 is 5.76 Å². The van der Waals surface area contributed by atoms with Gasteiger partial charge in [-0.15, -0.1) is 0 Å². The molecule has 10 heteroatoms. The summed E-state index contributed by atoms with van der Waals surface area (Å²) in [6.07, 6.45) is 1.54. The predicted octanol–water partition coefficient (Wildman–Crippen LogP) is 3.27. The van der Waals surface area contributed by atoms with Gasteiger partial charge in [0.1, 0.15) is 5.69 Å². The summed E-state index contributed by atoms with van der Waals surface area (Å²) in [4.78, 5) is 12.1. The zero-order chi connectivity index (χ0) is 19.7. The molecule has 0 aromatic heterocycles. The van der Waals surface area contributed by atoms with Crippen LogP contribution in [0.5, 0.6) is 0 Å². The minimum absolute atomic E-state index is 0.00939. The molecular weight excluding hydrogens is 368 g/mol. The van der Waals surface area contributed by atoms with E-state index in [1.165, 1.54) is 6.07 Å². The summed E-state index contributed by atoms with van der Waals surface area (Å²) in [5.41, 5.74) is -0.343. The van der Waals surface area contributed by atoms with Gasteiger partial charge < -0.3 is 5.32 Å². The minimum Gasteiger partial charge on any atom is -0.377 e. The Bertz CT molecular complexity index is 770. The molecule has 0 saturated carbocycles. The monoisotopic (exact) mass is 391 g/mol. The van der Waals surface area contributed by atoms with Crippen molar-refractivity contribution >= 4 is 21.2 Å². The van der Waals surface area contributed by atoms with Crippen LogP contribution in [0.25, 0.3) is 0 Å². The first-order chi connectivity index (χ1) is 11.9. The standard InChI is InChI=1S/C16H23F2N3O4S/c1-16(2,3)20-8-6-11(7-9-20)19-13-5-4-12(10-14(13)21(22)23)26(24,25)15(17)18/h4-5,10-11,15,19H,6-9H2,1-3H3. The molecule has 1 aromatic carbocycles. The van der Waals surface area contributed by atoms with E-state index < -0.39 is 31.1 Å². The van der Waals surface area contributed by atoms with Crippen molar-refractivity contribution in [3.8, 4) is 0 Å². The fraction of sp³-hybridized carbons (Fsp3) is 0.625. The first kappa shape index (κ1) is 20.5. The molecule has 1 heterocycles. The van der Waals surface area contributed by atoms with Gasteiger partial charge in [-0.05, 0) is 45.7 Å². The van der Waals surface area contributed by atoms with Gasteiger partial charge in [0.05, 0.1) is 9.82 Å². The van der Waals surface area contributed by atoms with E-state index in [0.29, 0.717) is 6.07 Å². The van der Waals surface area contributed by atoms with E-state index in [1.807, 2.05) is 0 Å². The second-order valence-electron chi connectivity index (χ2n) is 7.32. The predicted molar refractivity (Wildman–Crippen MR) is 94.3 cm³/mol. The van der Waals surface area contributed by atoms with Gasteiger partial charge in [0, 0.05) is 30.7 Å². The Morgan fingerprint density at radius 1 is 1.27 bits per heavy atom. The lowest BCUT2D eigenvalue weighted by atomic mass is 9.98. The van der Waals surface area contributed by atoms with Gasteiger partial charge in [-0.2, -0.15) is 8.78 Å². The molecule has 0 spiro atoms. The van der Waals surface area contributed by atoms with Crippen LogP contribution >= 0.6 is 0 Å². The first-order valence-electron chi connectivity index (χ1n) is 8.25. The topological polar surface area (TPSA) is 92.6 Å². The Balaban J connectivity index is 2.19. The first-order valence-corrected chi connectivity index (χ1v) is 9.79. The number of hydrogen-bond acceptors (Lipinski definition) is 6. The second kappa shape index (κ2) is 7.43. The lowest BCUT2D eigenvalue weighted by Gasteiger charge is -2.41. The smallest absolute Gasteiger partial charge is 0.341 e. The number of nitrogens with one attached hydrogen (secondary N) is 1. The molecule has 1 aromatic rings. The van der Waals surface area contributed by atoms with E-state index in [9.17, 15) is 27.3 Å². The maximum atomic E-state index is 12.7. The van der Waals surface area contributed by atoms with Crippen molar-refractivity contribution in [2.24, 2.45) is 0 Å². The average Bonchev–Trinajstić information content (AvgIpc) is 2.54. The number of hydrogen-bond donors (Lipinski definition) is 1. The van der Waals surface area contributed by atoms with Gasteiger partial charge in [-0.3, -0.25) is 15.0 Å². The number of nitrogens with zero attached hydrogens (tertiary/aromatic N) is 2. The summed E-state index contributed by atoms with van der Waals surface area (Å²) in [7, 11) is -4.88. The van der Waals surface area contributed by atoms with E-state index >= 15 is 0 Å². The number of benzene rings is 1. The number of halogens is 2. The molecule has 0 unspecified atom stereocenters. The van der Waals surface area contributed by atoms with E-state index in [1.54, 1.807) is 0 Å². The normalized spacial score (nSPS) is 17.5. The number of alkyl halides is 2. The van der Waals surface area contributed by atoms with Crippen LogP contribution < -0.4 is 5.32 Å². The highest BCUT2D eigenvalue weighted by Crippen LogP contribution is 2.31. The molecule has 1 saturated heterocycles. The van der Waals surface area contributed by atoms with Gasteiger partial charge in [-0.25, -0.2) is 8.42 Å².